The first kappa shape index (κ1) is 14.8. The molecule has 0 radical (unpaired) electrons. The van der Waals surface area contributed by atoms with Gasteiger partial charge in [-0.3, -0.25) is 4.79 Å². The van der Waals surface area contributed by atoms with Crippen LogP contribution in [0.2, 0.25) is 0 Å². The second-order valence-corrected chi connectivity index (χ2v) is 6.24. The van der Waals surface area contributed by atoms with E-state index in [2.05, 4.69) is 20.9 Å². The Kier molecular flexibility index (Phi) is 4.55. The van der Waals surface area contributed by atoms with E-state index in [-0.39, 0.29) is 17.8 Å². The first-order chi connectivity index (χ1) is 10.7. The lowest BCUT2D eigenvalue weighted by molar-refractivity contribution is 0.0935. The van der Waals surface area contributed by atoms with E-state index < -0.39 is 0 Å². The van der Waals surface area contributed by atoms with Gasteiger partial charge in [0.05, 0.1) is 0 Å². The summed E-state index contributed by atoms with van der Waals surface area (Å²) in [6, 6.07) is 9.84. The predicted molar refractivity (Wildman–Crippen MR) is 89.6 cm³/mol. The molecule has 0 bridgehead atoms. The van der Waals surface area contributed by atoms with E-state index in [1.54, 1.807) is 0 Å². The van der Waals surface area contributed by atoms with Gasteiger partial charge in [0.25, 0.3) is 5.91 Å². The highest BCUT2D eigenvalue weighted by molar-refractivity contribution is 7.18. The highest BCUT2D eigenvalue weighted by atomic mass is 32.1. The Hall–Kier alpha value is -2.12. The summed E-state index contributed by atoms with van der Waals surface area (Å²) in [5, 5.41) is 10.1. The molecule has 2 aromatic rings. The van der Waals surface area contributed by atoms with Gasteiger partial charge in [0, 0.05) is 18.3 Å². The maximum absolute atomic E-state index is 12.3. The number of nitrogens with one attached hydrogen (secondary N) is 3. The molecule has 1 unspecified atom stereocenters. The molecular weight excluding hydrogens is 298 g/mol. The molecule has 5 N–H and O–H groups in total. The van der Waals surface area contributed by atoms with Crippen LogP contribution in [0.25, 0.3) is 0 Å². The maximum Gasteiger partial charge on any atom is 0.265 e. The van der Waals surface area contributed by atoms with Crippen molar-refractivity contribution in [3.05, 3.63) is 35.2 Å². The van der Waals surface area contributed by atoms with Crippen molar-refractivity contribution in [2.75, 3.05) is 24.1 Å². The topological polar surface area (TPSA) is 92.1 Å². The molecule has 1 aliphatic heterocycles. The summed E-state index contributed by atoms with van der Waals surface area (Å²) in [6.07, 6.45) is 2.07. The molecule has 1 aromatic heterocycles. The maximum atomic E-state index is 12.3. The van der Waals surface area contributed by atoms with Gasteiger partial charge in [-0.15, -0.1) is 0 Å². The molecule has 3 rings (SSSR count). The van der Waals surface area contributed by atoms with Gasteiger partial charge in [-0.1, -0.05) is 29.5 Å². The van der Waals surface area contributed by atoms with Crippen LogP contribution in [0.1, 0.15) is 22.5 Å². The quantitative estimate of drug-likeness (QED) is 0.692. The zero-order valence-corrected chi connectivity index (χ0v) is 13.0. The number of benzene rings is 1. The Balaban J connectivity index is 1.67. The summed E-state index contributed by atoms with van der Waals surface area (Å²) in [5.74, 6) is 0.120. The highest BCUT2D eigenvalue weighted by Crippen LogP contribution is 2.27. The Morgan fingerprint density at radius 3 is 2.91 bits per heavy atom. The van der Waals surface area contributed by atoms with Gasteiger partial charge in [-0.05, 0) is 31.5 Å². The third-order valence-electron chi connectivity index (χ3n) is 3.52. The smallest absolute Gasteiger partial charge is 0.265 e. The molecule has 7 heteroatoms. The van der Waals surface area contributed by atoms with E-state index in [4.69, 9.17) is 5.73 Å². The summed E-state index contributed by atoms with van der Waals surface area (Å²) in [7, 11) is 0. The number of carbonyl (C=O) groups excluding carboxylic acids is 1. The molecule has 0 spiro atoms. The van der Waals surface area contributed by atoms with Crippen LogP contribution in [0.4, 0.5) is 16.6 Å². The third-order valence-corrected chi connectivity index (χ3v) is 4.50. The highest BCUT2D eigenvalue weighted by Gasteiger charge is 2.20. The Morgan fingerprint density at radius 1 is 1.36 bits per heavy atom. The minimum Gasteiger partial charge on any atom is -0.382 e. The van der Waals surface area contributed by atoms with Crippen molar-refractivity contribution in [3.63, 3.8) is 0 Å². The minimum absolute atomic E-state index is 0.148. The van der Waals surface area contributed by atoms with Gasteiger partial charge in [0.1, 0.15) is 10.7 Å². The van der Waals surface area contributed by atoms with Crippen LogP contribution in [0.5, 0.6) is 0 Å². The SMILES string of the molecule is Nc1nc(Nc2ccccc2)sc1C(=O)NC1CCCNC1. The van der Waals surface area contributed by atoms with E-state index in [1.807, 2.05) is 30.3 Å². The molecule has 1 atom stereocenters. The van der Waals surface area contributed by atoms with Gasteiger partial charge < -0.3 is 21.7 Å². The monoisotopic (exact) mass is 317 g/mol. The summed E-state index contributed by atoms with van der Waals surface area (Å²) in [6.45, 7) is 1.82. The number of thiazole rings is 1. The number of anilines is 3. The van der Waals surface area contributed by atoms with Crippen LogP contribution < -0.4 is 21.7 Å². The fourth-order valence-corrected chi connectivity index (χ4v) is 3.23. The fraction of sp³-hybridized carbons (Fsp3) is 0.333. The zero-order chi connectivity index (χ0) is 15.4. The number of hydrogen-bond donors (Lipinski definition) is 4. The Labute approximate surface area is 133 Å². The van der Waals surface area contributed by atoms with E-state index in [1.165, 1.54) is 11.3 Å². The summed E-state index contributed by atoms with van der Waals surface area (Å²) in [5.41, 5.74) is 6.80. The summed E-state index contributed by atoms with van der Waals surface area (Å²) in [4.78, 5) is 17.0. The van der Waals surface area contributed by atoms with Crippen LogP contribution in [-0.4, -0.2) is 30.0 Å². The van der Waals surface area contributed by atoms with Crippen molar-refractivity contribution in [1.82, 2.24) is 15.6 Å². The molecule has 1 aromatic carbocycles. The van der Waals surface area contributed by atoms with Crippen LogP contribution in [0, 0.1) is 0 Å². The lowest BCUT2D eigenvalue weighted by Gasteiger charge is -2.23. The molecule has 22 heavy (non-hydrogen) atoms. The lowest BCUT2D eigenvalue weighted by atomic mass is 10.1. The van der Waals surface area contributed by atoms with Crippen molar-refractivity contribution in [2.24, 2.45) is 0 Å². The number of para-hydroxylation sites is 1. The predicted octanol–water partition coefficient (Wildman–Crippen LogP) is 1.95. The molecule has 1 fully saturated rings. The van der Waals surface area contributed by atoms with Crippen LogP contribution in [-0.2, 0) is 0 Å². The number of nitrogens with zero attached hydrogens (tertiary/aromatic N) is 1. The molecule has 6 nitrogen and oxygen atoms in total. The van der Waals surface area contributed by atoms with E-state index in [0.717, 1.165) is 31.6 Å². The molecule has 1 amide bonds. The van der Waals surface area contributed by atoms with Crippen molar-refractivity contribution in [1.29, 1.82) is 0 Å². The molecule has 116 valence electrons. The average molecular weight is 317 g/mol. The summed E-state index contributed by atoms with van der Waals surface area (Å²) < 4.78 is 0. The van der Waals surface area contributed by atoms with Crippen LogP contribution in [0.15, 0.2) is 30.3 Å². The zero-order valence-electron chi connectivity index (χ0n) is 12.1. The number of piperidine rings is 1. The van der Waals surface area contributed by atoms with E-state index in [0.29, 0.717) is 10.0 Å². The standard InChI is InChI=1S/C15H19N5OS/c16-13-12(14(21)18-11-7-4-8-17-9-11)22-15(20-13)19-10-5-2-1-3-6-10/h1-3,5-6,11,17H,4,7-9,16H2,(H,18,21)(H,19,20). The number of carbonyl (C=O) groups is 1. The second kappa shape index (κ2) is 6.76. The molecule has 0 saturated carbocycles. The molecule has 1 aliphatic rings. The van der Waals surface area contributed by atoms with Gasteiger partial charge in [0.15, 0.2) is 5.13 Å². The normalized spacial score (nSPS) is 17.9. The van der Waals surface area contributed by atoms with Crippen molar-refractivity contribution in [2.45, 2.75) is 18.9 Å². The number of rotatable bonds is 4. The number of nitrogen functional groups attached to an aromatic ring is 1. The number of amides is 1. The third kappa shape index (κ3) is 3.55. The number of nitrogens with two attached hydrogens (primary N) is 1. The number of aromatic nitrogens is 1. The fourth-order valence-electron chi connectivity index (χ4n) is 2.42. The van der Waals surface area contributed by atoms with Gasteiger partial charge in [0.2, 0.25) is 0 Å². The Morgan fingerprint density at radius 2 is 2.18 bits per heavy atom. The summed E-state index contributed by atoms with van der Waals surface area (Å²) >= 11 is 1.27. The van der Waals surface area contributed by atoms with E-state index >= 15 is 0 Å². The van der Waals surface area contributed by atoms with Crippen molar-refractivity contribution < 1.29 is 4.79 Å². The molecule has 1 saturated heterocycles. The molecular formula is C15H19N5OS. The Bertz CT molecular complexity index is 637. The minimum atomic E-state index is -0.148. The van der Waals surface area contributed by atoms with Crippen LogP contribution in [0.3, 0.4) is 0 Å². The molecule has 2 heterocycles. The first-order valence-electron chi connectivity index (χ1n) is 7.32. The van der Waals surface area contributed by atoms with Crippen molar-refractivity contribution >= 4 is 33.9 Å². The largest absolute Gasteiger partial charge is 0.382 e. The van der Waals surface area contributed by atoms with Crippen molar-refractivity contribution in [3.8, 4) is 0 Å². The number of hydrogen-bond acceptors (Lipinski definition) is 6. The van der Waals surface area contributed by atoms with Gasteiger partial charge in [-0.25, -0.2) is 4.98 Å². The first-order valence-corrected chi connectivity index (χ1v) is 8.14. The lowest BCUT2D eigenvalue weighted by Crippen LogP contribution is -2.45. The van der Waals surface area contributed by atoms with Gasteiger partial charge >= 0.3 is 0 Å². The molecule has 0 aliphatic carbocycles. The van der Waals surface area contributed by atoms with Gasteiger partial charge in [-0.2, -0.15) is 0 Å². The van der Waals surface area contributed by atoms with E-state index in [9.17, 15) is 4.79 Å². The van der Waals surface area contributed by atoms with Crippen LogP contribution >= 0.6 is 11.3 Å². The average Bonchev–Trinajstić information content (AvgIpc) is 2.90. The second-order valence-electron chi connectivity index (χ2n) is 5.24.